The Balaban J connectivity index is 2.01. The molecule has 1 aromatic rings. The largest absolute Gasteiger partial charge is 0.430 e. The first-order valence-electron chi connectivity index (χ1n) is 4.78. The molecule has 88 valence electrons. The summed E-state index contributed by atoms with van der Waals surface area (Å²) in [5, 5.41) is 27.9. The first kappa shape index (κ1) is 11.2. The average Bonchev–Trinajstić information content (AvgIpc) is 2.58. The van der Waals surface area contributed by atoms with Gasteiger partial charge in [-0.1, -0.05) is 0 Å². The van der Waals surface area contributed by atoms with Crippen molar-refractivity contribution in [2.75, 3.05) is 6.61 Å². The lowest BCUT2D eigenvalue weighted by molar-refractivity contribution is -0.120. The van der Waals surface area contributed by atoms with Gasteiger partial charge in [0, 0.05) is 12.4 Å². The fourth-order valence-corrected chi connectivity index (χ4v) is 1.41. The van der Waals surface area contributed by atoms with E-state index in [0.29, 0.717) is 0 Å². The minimum atomic E-state index is -1.24. The molecule has 4 atom stereocenters. The summed E-state index contributed by atoms with van der Waals surface area (Å²) in [5.41, 5.74) is 0. The predicted octanol–water partition coefficient (Wildman–Crippen LogP) is -1.71. The Hall–Kier alpha value is -1.28. The van der Waals surface area contributed by atoms with Crippen molar-refractivity contribution in [1.82, 2.24) is 9.97 Å². The molecule has 0 saturated carbocycles. The fraction of sp³-hybridized carbons (Fsp3) is 0.556. The van der Waals surface area contributed by atoms with Crippen LogP contribution in [0.25, 0.3) is 0 Å². The molecule has 7 nitrogen and oxygen atoms in total. The van der Waals surface area contributed by atoms with Gasteiger partial charge in [0.25, 0.3) is 0 Å². The molecule has 0 amide bonds. The van der Waals surface area contributed by atoms with Gasteiger partial charge < -0.3 is 24.8 Å². The molecule has 7 heteroatoms. The monoisotopic (exact) mass is 228 g/mol. The molecular weight excluding hydrogens is 216 g/mol. The van der Waals surface area contributed by atoms with Crippen molar-refractivity contribution in [1.29, 1.82) is 0 Å². The molecule has 16 heavy (non-hydrogen) atoms. The number of nitrogens with zero attached hydrogens (tertiary/aromatic N) is 2. The highest BCUT2D eigenvalue weighted by atomic mass is 16.7. The van der Waals surface area contributed by atoms with E-state index in [9.17, 15) is 10.2 Å². The molecule has 1 saturated heterocycles. The Labute approximate surface area is 91.3 Å². The van der Waals surface area contributed by atoms with Gasteiger partial charge in [-0.25, -0.2) is 9.97 Å². The average molecular weight is 228 g/mol. The van der Waals surface area contributed by atoms with Crippen LogP contribution >= 0.6 is 0 Å². The van der Waals surface area contributed by atoms with E-state index >= 15 is 0 Å². The predicted molar refractivity (Wildman–Crippen MR) is 50.4 cm³/mol. The summed E-state index contributed by atoms with van der Waals surface area (Å²) in [5.74, 6) is 0. The number of hydrogen-bond donors (Lipinski definition) is 3. The number of hydrogen-bond acceptors (Lipinski definition) is 7. The van der Waals surface area contributed by atoms with Crippen LogP contribution in [-0.2, 0) is 4.74 Å². The first-order valence-corrected chi connectivity index (χ1v) is 4.78. The number of rotatable bonds is 3. The molecule has 0 spiro atoms. The van der Waals surface area contributed by atoms with Crippen LogP contribution in [0, 0.1) is 0 Å². The van der Waals surface area contributed by atoms with E-state index in [1.165, 1.54) is 12.4 Å². The van der Waals surface area contributed by atoms with Crippen molar-refractivity contribution in [2.24, 2.45) is 0 Å². The number of aliphatic hydroxyl groups is 3. The molecule has 0 radical (unpaired) electrons. The molecule has 0 bridgehead atoms. The Morgan fingerprint density at radius 3 is 2.50 bits per heavy atom. The summed E-state index contributed by atoms with van der Waals surface area (Å²) >= 11 is 0. The van der Waals surface area contributed by atoms with E-state index < -0.39 is 31.2 Å². The van der Waals surface area contributed by atoms with Crippen LogP contribution in [0.15, 0.2) is 18.5 Å². The van der Waals surface area contributed by atoms with E-state index in [2.05, 4.69) is 9.97 Å². The maximum Gasteiger partial charge on any atom is 0.318 e. The van der Waals surface area contributed by atoms with Crippen LogP contribution < -0.4 is 4.74 Å². The Morgan fingerprint density at radius 1 is 1.25 bits per heavy atom. The molecule has 0 aliphatic carbocycles. The maximum atomic E-state index is 9.55. The van der Waals surface area contributed by atoms with Crippen molar-refractivity contribution < 1.29 is 24.8 Å². The zero-order valence-electron chi connectivity index (χ0n) is 8.30. The second kappa shape index (κ2) is 4.71. The Morgan fingerprint density at radius 2 is 1.94 bits per heavy atom. The van der Waals surface area contributed by atoms with Crippen molar-refractivity contribution in [3.8, 4) is 6.01 Å². The van der Waals surface area contributed by atoms with Gasteiger partial charge in [0.15, 0.2) is 0 Å². The van der Waals surface area contributed by atoms with E-state index in [4.69, 9.17) is 14.6 Å². The summed E-state index contributed by atoms with van der Waals surface area (Å²) < 4.78 is 10.2. The van der Waals surface area contributed by atoms with Crippen molar-refractivity contribution >= 4 is 0 Å². The quantitative estimate of drug-likeness (QED) is 0.566. The minimum absolute atomic E-state index is 0.0392. The van der Waals surface area contributed by atoms with Crippen LogP contribution in [-0.4, -0.2) is 56.5 Å². The van der Waals surface area contributed by atoms with Crippen LogP contribution in [0.4, 0.5) is 0 Å². The number of aliphatic hydroxyl groups excluding tert-OH is 3. The number of ether oxygens (including phenoxy) is 2. The SMILES string of the molecule is OC[C@H]1OC(Oc2ncccn2)[C@H](O)[C@@H]1O. The highest BCUT2D eigenvalue weighted by Gasteiger charge is 2.44. The van der Waals surface area contributed by atoms with Gasteiger partial charge in [-0.2, -0.15) is 0 Å². The normalized spacial score (nSPS) is 33.9. The van der Waals surface area contributed by atoms with E-state index in [-0.39, 0.29) is 6.01 Å². The van der Waals surface area contributed by atoms with Gasteiger partial charge in [-0.15, -0.1) is 0 Å². The van der Waals surface area contributed by atoms with Crippen molar-refractivity contribution in [3.05, 3.63) is 18.5 Å². The number of aromatic nitrogens is 2. The first-order chi connectivity index (χ1) is 7.72. The van der Waals surface area contributed by atoms with Gasteiger partial charge in [0.05, 0.1) is 6.61 Å². The third-order valence-corrected chi connectivity index (χ3v) is 2.26. The summed E-state index contributed by atoms with van der Waals surface area (Å²) in [4.78, 5) is 7.57. The molecule has 1 fully saturated rings. The minimum Gasteiger partial charge on any atom is -0.430 e. The van der Waals surface area contributed by atoms with Crippen molar-refractivity contribution in [3.63, 3.8) is 0 Å². The molecule has 1 aliphatic heterocycles. The second-order valence-corrected chi connectivity index (χ2v) is 3.36. The van der Waals surface area contributed by atoms with Gasteiger partial charge >= 0.3 is 6.01 Å². The maximum absolute atomic E-state index is 9.55. The molecule has 2 rings (SSSR count). The van der Waals surface area contributed by atoms with E-state index in [1.54, 1.807) is 6.07 Å². The highest BCUT2D eigenvalue weighted by Crippen LogP contribution is 2.22. The third kappa shape index (κ3) is 2.12. The zero-order chi connectivity index (χ0) is 11.5. The summed E-state index contributed by atoms with van der Waals surface area (Å²) in [7, 11) is 0. The smallest absolute Gasteiger partial charge is 0.318 e. The second-order valence-electron chi connectivity index (χ2n) is 3.36. The fourth-order valence-electron chi connectivity index (χ4n) is 1.41. The molecular formula is C9H12N2O5. The van der Waals surface area contributed by atoms with Crippen molar-refractivity contribution in [2.45, 2.75) is 24.6 Å². The van der Waals surface area contributed by atoms with Crippen LogP contribution in [0.1, 0.15) is 0 Å². The summed E-state index contributed by atoms with van der Waals surface area (Å²) in [6.07, 6.45) is -1.40. The summed E-state index contributed by atoms with van der Waals surface area (Å²) in [6.45, 7) is -0.395. The molecule has 2 heterocycles. The zero-order valence-corrected chi connectivity index (χ0v) is 8.30. The molecule has 1 unspecified atom stereocenters. The van der Waals surface area contributed by atoms with E-state index in [1.807, 2.05) is 0 Å². The molecule has 3 N–H and O–H groups in total. The summed E-state index contributed by atoms with van der Waals surface area (Å²) in [6, 6.07) is 1.65. The topological polar surface area (TPSA) is 105 Å². The molecule has 1 aliphatic rings. The lowest BCUT2D eigenvalue weighted by Crippen LogP contribution is -2.35. The Bertz CT molecular complexity index is 336. The standard InChI is InChI=1S/C9H12N2O5/c12-4-5-6(13)7(14)8(15-5)16-9-10-2-1-3-11-9/h1-3,5-8,12-14H,4H2/t5-,6-,7-,8?/m1/s1. The third-order valence-electron chi connectivity index (χ3n) is 2.26. The Kier molecular flexibility index (Phi) is 3.30. The van der Waals surface area contributed by atoms with Gasteiger partial charge in [0.2, 0.25) is 6.29 Å². The highest BCUT2D eigenvalue weighted by molar-refractivity contribution is 4.96. The van der Waals surface area contributed by atoms with Gasteiger partial charge in [-0.3, -0.25) is 0 Å². The van der Waals surface area contributed by atoms with Crippen LogP contribution in [0.2, 0.25) is 0 Å². The van der Waals surface area contributed by atoms with Gasteiger partial charge in [0.1, 0.15) is 18.3 Å². The molecule has 0 aromatic carbocycles. The van der Waals surface area contributed by atoms with E-state index in [0.717, 1.165) is 0 Å². The lowest BCUT2D eigenvalue weighted by Gasteiger charge is -2.14. The van der Waals surface area contributed by atoms with Crippen LogP contribution in [0.5, 0.6) is 6.01 Å². The molecule has 1 aromatic heterocycles. The lowest BCUT2D eigenvalue weighted by atomic mass is 10.1. The van der Waals surface area contributed by atoms with Gasteiger partial charge in [-0.05, 0) is 6.07 Å². The van der Waals surface area contributed by atoms with Crippen LogP contribution in [0.3, 0.4) is 0 Å².